The molecule has 17 heavy (non-hydrogen) atoms. The van der Waals surface area contributed by atoms with Gasteiger partial charge in [0.1, 0.15) is 5.82 Å². The number of anilines is 1. The number of nitrogen functional groups attached to an aromatic ring is 1. The van der Waals surface area contributed by atoms with Crippen molar-refractivity contribution in [3.8, 4) is 5.82 Å². The Bertz CT molecular complexity index is 686. The summed E-state index contributed by atoms with van der Waals surface area (Å²) in [5, 5.41) is 0. The van der Waals surface area contributed by atoms with E-state index in [2.05, 4.69) is 15.0 Å². The molecule has 0 radical (unpaired) electrons. The van der Waals surface area contributed by atoms with E-state index < -0.39 is 0 Å². The molecule has 0 aliphatic heterocycles. The molecular weight excluding hydrogens is 214 g/mol. The van der Waals surface area contributed by atoms with E-state index in [1.54, 1.807) is 6.20 Å². The van der Waals surface area contributed by atoms with Gasteiger partial charge in [-0.1, -0.05) is 12.1 Å². The zero-order valence-corrected chi connectivity index (χ0v) is 9.33. The second-order valence-electron chi connectivity index (χ2n) is 3.77. The Morgan fingerprint density at radius 3 is 2.47 bits per heavy atom. The van der Waals surface area contributed by atoms with Gasteiger partial charge in [-0.15, -0.1) is 0 Å². The van der Waals surface area contributed by atoms with E-state index in [9.17, 15) is 0 Å². The smallest absolute Gasteiger partial charge is 0.181 e. The van der Waals surface area contributed by atoms with Crippen molar-refractivity contribution in [1.82, 2.24) is 19.5 Å². The summed E-state index contributed by atoms with van der Waals surface area (Å²) >= 11 is 0. The van der Waals surface area contributed by atoms with E-state index >= 15 is 0 Å². The fourth-order valence-corrected chi connectivity index (χ4v) is 1.78. The second-order valence-corrected chi connectivity index (χ2v) is 3.77. The minimum atomic E-state index is 0.407. The molecular formula is C12H11N5. The molecule has 0 fully saturated rings. The molecule has 5 heteroatoms. The zero-order valence-electron chi connectivity index (χ0n) is 9.33. The highest BCUT2D eigenvalue weighted by atomic mass is 15.1. The molecule has 0 aliphatic carbocycles. The molecule has 0 unspecified atom stereocenters. The molecule has 0 amide bonds. The largest absolute Gasteiger partial charge is 0.381 e. The standard InChI is InChI=1S/C12H11N5/c1-8-14-6-7-17(8)12-11(13)15-9-4-2-3-5-10(9)16-12/h2-7H,1H3,(H2,13,15). The van der Waals surface area contributed by atoms with Crippen LogP contribution in [-0.2, 0) is 0 Å². The zero-order chi connectivity index (χ0) is 11.8. The number of benzene rings is 1. The second kappa shape index (κ2) is 3.55. The predicted molar refractivity (Wildman–Crippen MR) is 65.8 cm³/mol. The van der Waals surface area contributed by atoms with E-state index in [1.807, 2.05) is 42.0 Å². The summed E-state index contributed by atoms with van der Waals surface area (Å²) < 4.78 is 1.83. The van der Waals surface area contributed by atoms with Gasteiger partial charge >= 0.3 is 0 Å². The molecule has 0 aliphatic rings. The van der Waals surface area contributed by atoms with Gasteiger partial charge in [-0.2, -0.15) is 0 Å². The number of fused-ring (bicyclic) bond motifs is 1. The van der Waals surface area contributed by atoms with Gasteiger partial charge in [0.15, 0.2) is 11.6 Å². The van der Waals surface area contributed by atoms with Crippen LogP contribution in [0.15, 0.2) is 36.7 Å². The van der Waals surface area contributed by atoms with Gasteiger partial charge in [0.05, 0.1) is 11.0 Å². The number of hydrogen-bond acceptors (Lipinski definition) is 4. The summed E-state index contributed by atoms with van der Waals surface area (Å²) in [5.74, 6) is 1.87. The number of aryl methyl sites for hydroxylation is 1. The maximum Gasteiger partial charge on any atom is 0.181 e. The van der Waals surface area contributed by atoms with Crippen LogP contribution in [0.25, 0.3) is 16.9 Å². The van der Waals surface area contributed by atoms with Crippen molar-refractivity contribution in [3.05, 3.63) is 42.5 Å². The van der Waals surface area contributed by atoms with Gasteiger partial charge in [0.2, 0.25) is 0 Å². The Morgan fingerprint density at radius 2 is 1.82 bits per heavy atom. The Balaban J connectivity index is 2.30. The van der Waals surface area contributed by atoms with Crippen LogP contribution in [0.4, 0.5) is 5.82 Å². The number of aromatic nitrogens is 4. The molecule has 84 valence electrons. The highest BCUT2D eigenvalue weighted by Gasteiger charge is 2.09. The van der Waals surface area contributed by atoms with Crippen molar-refractivity contribution in [1.29, 1.82) is 0 Å². The first-order chi connectivity index (χ1) is 8.25. The van der Waals surface area contributed by atoms with E-state index in [4.69, 9.17) is 5.73 Å². The Kier molecular flexibility index (Phi) is 2.04. The molecule has 0 spiro atoms. The first-order valence-corrected chi connectivity index (χ1v) is 5.28. The van der Waals surface area contributed by atoms with Crippen molar-refractivity contribution in [2.75, 3.05) is 5.73 Å². The summed E-state index contributed by atoms with van der Waals surface area (Å²) in [4.78, 5) is 13.0. The number of para-hydroxylation sites is 2. The summed E-state index contributed by atoms with van der Waals surface area (Å²) in [6, 6.07) is 7.65. The highest BCUT2D eigenvalue weighted by Crippen LogP contribution is 2.18. The van der Waals surface area contributed by atoms with Crippen LogP contribution in [0.2, 0.25) is 0 Å². The fourth-order valence-electron chi connectivity index (χ4n) is 1.78. The van der Waals surface area contributed by atoms with Gasteiger partial charge in [0, 0.05) is 12.4 Å². The van der Waals surface area contributed by atoms with Crippen LogP contribution in [0.3, 0.4) is 0 Å². The molecule has 0 bridgehead atoms. The van der Waals surface area contributed by atoms with Crippen LogP contribution in [0.5, 0.6) is 0 Å². The maximum absolute atomic E-state index is 5.92. The minimum absolute atomic E-state index is 0.407. The number of nitrogens with two attached hydrogens (primary N) is 1. The normalized spacial score (nSPS) is 10.9. The third kappa shape index (κ3) is 1.52. The predicted octanol–water partition coefficient (Wildman–Crippen LogP) is 1.71. The van der Waals surface area contributed by atoms with Crippen LogP contribution in [-0.4, -0.2) is 19.5 Å². The van der Waals surface area contributed by atoms with Crippen molar-refractivity contribution >= 4 is 16.9 Å². The van der Waals surface area contributed by atoms with E-state index in [-0.39, 0.29) is 0 Å². The van der Waals surface area contributed by atoms with Gasteiger partial charge in [-0.3, -0.25) is 4.57 Å². The Morgan fingerprint density at radius 1 is 1.12 bits per heavy atom. The van der Waals surface area contributed by atoms with E-state index in [0.717, 1.165) is 16.9 Å². The molecule has 0 saturated carbocycles. The lowest BCUT2D eigenvalue weighted by Crippen LogP contribution is -2.06. The topological polar surface area (TPSA) is 69.6 Å². The molecule has 2 N–H and O–H groups in total. The molecule has 2 aromatic heterocycles. The SMILES string of the molecule is Cc1nccn1-c1nc2ccccc2nc1N. The minimum Gasteiger partial charge on any atom is -0.381 e. The fraction of sp³-hybridized carbons (Fsp3) is 0.0833. The first kappa shape index (κ1) is 9.77. The lowest BCUT2D eigenvalue weighted by atomic mass is 10.3. The molecule has 3 aromatic rings. The number of rotatable bonds is 1. The van der Waals surface area contributed by atoms with Gasteiger partial charge in [-0.05, 0) is 19.1 Å². The van der Waals surface area contributed by atoms with Crippen molar-refractivity contribution in [2.45, 2.75) is 6.92 Å². The number of nitrogens with zero attached hydrogens (tertiary/aromatic N) is 4. The molecule has 3 rings (SSSR count). The average molecular weight is 225 g/mol. The monoisotopic (exact) mass is 225 g/mol. The quantitative estimate of drug-likeness (QED) is 0.684. The Labute approximate surface area is 98.0 Å². The average Bonchev–Trinajstić information content (AvgIpc) is 2.74. The summed E-state index contributed by atoms with van der Waals surface area (Å²) in [5.41, 5.74) is 7.55. The van der Waals surface area contributed by atoms with Crippen LogP contribution < -0.4 is 5.73 Å². The first-order valence-electron chi connectivity index (χ1n) is 5.28. The van der Waals surface area contributed by atoms with Crippen LogP contribution in [0.1, 0.15) is 5.82 Å². The molecule has 0 atom stereocenters. The van der Waals surface area contributed by atoms with E-state index in [0.29, 0.717) is 11.6 Å². The van der Waals surface area contributed by atoms with Gasteiger partial charge in [-0.25, -0.2) is 15.0 Å². The van der Waals surface area contributed by atoms with Crippen molar-refractivity contribution in [3.63, 3.8) is 0 Å². The van der Waals surface area contributed by atoms with Gasteiger partial charge in [0.25, 0.3) is 0 Å². The number of hydrogen-bond donors (Lipinski definition) is 1. The van der Waals surface area contributed by atoms with Gasteiger partial charge < -0.3 is 5.73 Å². The van der Waals surface area contributed by atoms with Crippen molar-refractivity contribution < 1.29 is 0 Å². The highest BCUT2D eigenvalue weighted by molar-refractivity contribution is 5.77. The lowest BCUT2D eigenvalue weighted by molar-refractivity contribution is 0.936. The summed E-state index contributed by atoms with van der Waals surface area (Å²) in [7, 11) is 0. The van der Waals surface area contributed by atoms with Crippen LogP contribution in [0, 0.1) is 6.92 Å². The van der Waals surface area contributed by atoms with Crippen LogP contribution >= 0.6 is 0 Å². The molecule has 5 nitrogen and oxygen atoms in total. The third-order valence-corrected chi connectivity index (χ3v) is 2.63. The van der Waals surface area contributed by atoms with E-state index in [1.165, 1.54) is 0 Å². The number of imidazole rings is 1. The Hall–Kier alpha value is -2.43. The molecule has 2 heterocycles. The molecule has 0 saturated heterocycles. The molecule has 1 aromatic carbocycles. The summed E-state index contributed by atoms with van der Waals surface area (Å²) in [6.07, 6.45) is 3.54. The third-order valence-electron chi connectivity index (χ3n) is 2.63. The maximum atomic E-state index is 5.92. The summed E-state index contributed by atoms with van der Waals surface area (Å²) in [6.45, 7) is 1.90. The lowest BCUT2D eigenvalue weighted by Gasteiger charge is -2.07. The van der Waals surface area contributed by atoms with Crippen molar-refractivity contribution in [2.24, 2.45) is 0 Å².